The zero-order chi connectivity index (χ0) is 31.0. The number of benzene rings is 1. The minimum Gasteiger partial charge on any atom is -0.451 e. The fourth-order valence-electron chi connectivity index (χ4n) is 3.67. The molecule has 42 heavy (non-hydrogen) atoms. The van der Waals surface area contributed by atoms with E-state index in [1.165, 1.54) is 32.6 Å². The normalized spacial score (nSPS) is 15.6. The molecule has 1 aliphatic heterocycles. The maximum atomic E-state index is 13.1. The number of rotatable bonds is 11. The molecule has 4 atom stereocenters. The van der Waals surface area contributed by atoms with Gasteiger partial charge >= 0.3 is 23.9 Å². The van der Waals surface area contributed by atoms with Crippen molar-refractivity contribution in [3.8, 4) is 0 Å². The van der Waals surface area contributed by atoms with Crippen molar-refractivity contribution in [2.24, 2.45) is 4.99 Å². The van der Waals surface area contributed by atoms with E-state index in [2.05, 4.69) is 36.2 Å². The van der Waals surface area contributed by atoms with E-state index >= 15 is 0 Å². The molecule has 3 rings (SSSR count). The van der Waals surface area contributed by atoms with E-state index < -0.39 is 54.2 Å². The predicted molar refractivity (Wildman–Crippen MR) is 152 cm³/mol. The van der Waals surface area contributed by atoms with E-state index in [0.29, 0.717) is 34.2 Å². The first-order chi connectivity index (χ1) is 19.9. The van der Waals surface area contributed by atoms with Gasteiger partial charge < -0.3 is 24.3 Å². The molecule has 1 aromatic heterocycles. The Balaban J connectivity index is 1.52. The number of halogens is 1. The van der Waals surface area contributed by atoms with Crippen molar-refractivity contribution in [1.29, 1.82) is 0 Å². The monoisotopic (exact) mass is 649 g/mol. The molecule has 0 aliphatic carbocycles. The Morgan fingerprint density at radius 2 is 1.45 bits per heavy atom. The fraction of sp³-hybridized carbons (Fsp3) is 0.481. The van der Waals surface area contributed by atoms with Crippen molar-refractivity contribution in [1.82, 2.24) is 14.9 Å². The number of guanidine groups is 1. The summed E-state index contributed by atoms with van der Waals surface area (Å²) in [5.41, 5.74) is 1.91. The summed E-state index contributed by atoms with van der Waals surface area (Å²) in [6.07, 6.45) is -1.43. The van der Waals surface area contributed by atoms with Crippen LogP contribution in [0.1, 0.15) is 47.5 Å². The molecule has 0 spiro atoms. The standard InChI is InChI=1S/C27H32BrN5O9/c1-6-7-20(34)39-15(3)24(36)41-17(5)26(38)42-16(4)25(37)40-14(2)23(35)33-13-12-31-27(33)32-18-8-9-19-22(21(18)28)30-11-10-29-19/h8-11,14-17H,6-7,12-13H2,1-5H3,(H,31,32)/t14-,15-,16-,17-/m0/s1. The highest BCUT2D eigenvalue weighted by Crippen LogP contribution is 2.29. The number of nitrogens with one attached hydrogen (secondary N) is 1. The van der Waals surface area contributed by atoms with Gasteiger partial charge in [0.15, 0.2) is 24.4 Å². The lowest BCUT2D eigenvalue weighted by Gasteiger charge is -2.24. The molecule has 0 saturated heterocycles. The zero-order valence-electron chi connectivity index (χ0n) is 23.8. The quantitative estimate of drug-likeness (QED) is 0.278. The van der Waals surface area contributed by atoms with Crippen molar-refractivity contribution in [2.75, 3.05) is 18.4 Å². The third-order valence-electron chi connectivity index (χ3n) is 5.92. The van der Waals surface area contributed by atoms with Gasteiger partial charge in [0.25, 0.3) is 5.91 Å². The number of ether oxygens (including phenoxy) is 4. The first-order valence-electron chi connectivity index (χ1n) is 13.3. The van der Waals surface area contributed by atoms with Gasteiger partial charge in [-0.05, 0) is 62.2 Å². The lowest BCUT2D eigenvalue weighted by Crippen LogP contribution is -2.45. The van der Waals surface area contributed by atoms with Crippen LogP contribution in [0.15, 0.2) is 34.0 Å². The molecule has 0 fully saturated rings. The first-order valence-corrected chi connectivity index (χ1v) is 14.0. The van der Waals surface area contributed by atoms with Crippen molar-refractivity contribution >= 4 is 68.4 Å². The molecule has 1 amide bonds. The molecule has 0 radical (unpaired) electrons. The van der Waals surface area contributed by atoms with Gasteiger partial charge in [-0.15, -0.1) is 0 Å². The number of carbonyl (C=O) groups is 5. The maximum Gasteiger partial charge on any atom is 0.347 e. The van der Waals surface area contributed by atoms with Crippen molar-refractivity contribution < 1.29 is 42.9 Å². The SMILES string of the molecule is CCCC(=O)O[C@@H](C)C(=O)O[C@@H](C)C(=O)O[C@@H](C)C(=O)O[C@@H](C)C(=O)N1CCN=C1Nc1ccc2nccnc2c1Br. The van der Waals surface area contributed by atoms with Gasteiger partial charge in [0, 0.05) is 25.4 Å². The third-order valence-corrected chi connectivity index (χ3v) is 6.72. The summed E-state index contributed by atoms with van der Waals surface area (Å²) in [6.45, 7) is 7.57. The molecule has 226 valence electrons. The highest BCUT2D eigenvalue weighted by Gasteiger charge is 2.33. The Kier molecular flexibility index (Phi) is 11.3. The summed E-state index contributed by atoms with van der Waals surface area (Å²) in [4.78, 5) is 76.0. The molecule has 1 aliphatic rings. The van der Waals surface area contributed by atoms with Crippen LogP contribution in [-0.2, 0) is 42.9 Å². The Morgan fingerprint density at radius 1 is 0.881 bits per heavy atom. The number of fused-ring (bicyclic) bond motifs is 1. The molecule has 1 N–H and O–H groups in total. The van der Waals surface area contributed by atoms with E-state index in [0.717, 1.165) is 0 Å². The second-order valence-electron chi connectivity index (χ2n) is 9.29. The predicted octanol–water partition coefficient (Wildman–Crippen LogP) is 2.53. The number of aliphatic imine (C=N–C) groups is 1. The van der Waals surface area contributed by atoms with E-state index in [1.54, 1.807) is 31.5 Å². The van der Waals surface area contributed by atoms with Crippen molar-refractivity contribution in [2.45, 2.75) is 71.9 Å². The number of aromatic nitrogens is 2. The molecule has 2 aromatic rings. The molecule has 15 heteroatoms. The van der Waals surface area contributed by atoms with Gasteiger partial charge in [0.05, 0.1) is 22.2 Å². The minimum atomic E-state index is -1.41. The summed E-state index contributed by atoms with van der Waals surface area (Å²) < 4.78 is 20.8. The number of amides is 1. The van der Waals surface area contributed by atoms with Gasteiger partial charge in [0.2, 0.25) is 5.96 Å². The van der Waals surface area contributed by atoms with E-state index in [4.69, 9.17) is 18.9 Å². The number of hydrogen-bond acceptors (Lipinski definition) is 13. The van der Waals surface area contributed by atoms with Gasteiger partial charge in [-0.25, -0.2) is 14.4 Å². The Labute approximate surface area is 250 Å². The molecule has 0 bridgehead atoms. The highest BCUT2D eigenvalue weighted by molar-refractivity contribution is 9.10. The van der Waals surface area contributed by atoms with Crippen LogP contribution >= 0.6 is 15.9 Å². The van der Waals surface area contributed by atoms with E-state index in [1.807, 2.05) is 0 Å². The van der Waals surface area contributed by atoms with Crippen LogP contribution in [0, 0.1) is 0 Å². The van der Waals surface area contributed by atoms with Crippen molar-refractivity contribution in [3.05, 3.63) is 29.0 Å². The van der Waals surface area contributed by atoms with Crippen LogP contribution in [0.2, 0.25) is 0 Å². The van der Waals surface area contributed by atoms with Gasteiger partial charge in [-0.1, -0.05) is 6.92 Å². The maximum absolute atomic E-state index is 13.1. The molecular weight excluding hydrogens is 618 g/mol. The van der Waals surface area contributed by atoms with Crippen molar-refractivity contribution in [3.63, 3.8) is 0 Å². The van der Waals surface area contributed by atoms with Gasteiger partial charge in [-0.3, -0.25) is 29.4 Å². The molecule has 2 heterocycles. The van der Waals surface area contributed by atoms with Crippen LogP contribution in [-0.4, -0.2) is 88.1 Å². The minimum absolute atomic E-state index is 0.135. The molecule has 14 nitrogen and oxygen atoms in total. The van der Waals surface area contributed by atoms with Crippen LogP contribution in [0.25, 0.3) is 11.0 Å². The van der Waals surface area contributed by atoms with E-state index in [-0.39, 0.29) is 18.9 Å². The molecule has 1 aromatic carbocycles. The average molecular weight is 650 g/mol. The summed E-state index contributed by atoms with van der Waals surface area (Å²) in [7, 11) is 0. The second kappa shape index (κ2) is 14.7. The molecular formula is C27H32BrN5O9. The van der Waals surface area contributed by atoms with Gasteiger partial charge in [-0.2, -0.15) is 0 Å². The first kappa shape index (κ1) is 32.4. The Bertz CT molecular complexity index is 1390. The fourth-order valence-corrected chi connectivity index (χ4v) is 4.21. The lowest BCUT2D eigenvalue weighted by molar-refractivity contribution is -0.183. The summed E-state index contributed by atoms with van der Waals surface area (Å²) in [5.74, 6) is -3.81. The number of esters is 4. The number of nitrogens with zero attached hydrogens (tertiary/aromatic N) is 4. The summed E-state index contributed by atoms with van der Waals surface area (Å²) in [5, 5.41) is 3.10. The average Bonchev–Trinajstić information content (AvgIpc) is 3.42. The van der Waals surface area contributed by atoms with Crippen LogP contribution in [0.4, 0.5) is 5.69 Å². The molecule has 0 saturated carbocycles. The van der Waals surface area contributed by atoms with Crippen LogP contribution in [0.5, 0.6) is 0 Å². The second-order valence-corrected chi connectivity index (χ2v) is 10.1. The van der Waals surface area contributed by atoms with Crippen LogP contribution < -0.4 is 5.32 Å². The van der Waals surface area contributed by atoms with Crippen LogP contribution in [0.3, 0.4) is 0 Å². The molecule has 0 unspecified atom stereocenters. The number of anilines is 1. The third kappa shape index (κ3) is 8.21. The zero-order valence-corrected chi connectivity index (χ0v) is 25.4. The smallest absolute Gasteiger partial charge is 0.347 e. The summed E-state index contributed by atoms with van der Waals surface area (Å²) in [6, 6.07) is 3.54. The van der Waals surface area contributed by atoms with Gasteiger partial charge in [0.1, 0.15) is 5.52 Å². The lowest BCUT2D eigenvalue weighted by atomic mass is 10.2. The van der Waals surface area contributed by atoms with E-state index in [9.17, 15) is 24.0 Å². The summed E-state index contributed by atoms with van der Waals surface area (Å²) >= 11 is 3.51. The highest BCUT2D eigenvalue weighted by atomic mass is 79.9. The Hall–Kier alpha value is -4.14. The Morgan fingerprint density at radius 3 is 2.07 bits per heavy atom. The number of hydrogen-bond donors (Lipinski definition) is 1. The topological polar surface area (TPSA) is 176 Å². The largest absolute Gasteiger partial charge is 0.451 e. The number of carbonyl (C=O) groups excluding carboxylic acids is 5.